The molecule has 1 atom stereocenters. The highest BCUT2D eigenvalue weighted by Gasteiger charge is 2.37. The van der Waals surface area contributed by atoms with Crippen molar-refractivity contribution in [2.75, 3.05) is 13.1 Å². The van der Waals surface area contributed by atoms with Gasteiger partial charge in [-0.05, 0) is 24.5 Å². The van der Waals surface area contributed by atoms with E-state index < -0.39 is 15.5 Å². The molecule has 2 heterocycles. The predicted molar refractivity (Wildman–Crippen MR) is 81.6 cm³/mol. The van der Waals surface area contributed by atoms with Crippen LogP contribution in [-0.4, -0.2) is 42.5 Å². The van der Waals surface area contributed by atoms with Gasteiger partial charge in [-0.1, -0.05) is 18.2 Å². The Morgan fingerprint density at radius 3 is 2.82 bits per heavy atom. The summed E-state index contributed by atoms with van der Waals surface area (Å²) < 4.78 is 34.7. The average Bonchev–Trinajstić information content (AvgIpc) is 3.04. The van der Waals surface area contributed by atoms with Crippen molar-refractivity contribution in [1.82, 2.24) is 9.88 Å². The molecule has 0 bridgehead atoms. The maximum Gasteiger partial charge on any atom is 0.307 e. The fourth-order valence-corrected chi connectivity index (χ4v) is 3.64. The maximum absolute atomic E-state index is 12.9. The summed E-state index contributed by atoms with van der Waals surface area (Å²) in [5, 5.41) is -0.0486. The van der Waals surface area contributed by atoms with Crippen LogP contribution in [0, 0.1) is 0 Å². The van der Waals surface area contributed by atoms with Crippen molar-refractivity contribution in [3.63, 3.8) is 0 Å². The number of fused-ring (bicyclic) bond motifs is 1. The van der Waals surface area contributed by atoms with Crippen LogP contribution in [0.25, 0.3) is 10.9 Å². The van der Waals surface area contributed by atoms with Crippen LogP contribution in [0.5, 0.6) is 0 Å². The molecular formula is C15H17FN2O3S. The molecule has 1 fully saturated rings. The molecule has 1 saturated heterocycles. The van der Waals surface area contributed by atoms with E-state index >= 15 is 0 Å². The quantitative estimate of drug-likeness (QED) is 0.855. The predicted octanol–water partition coefficient (Wildman–Crippen LogP) is 2.00. The number of rotatable bonds is 5. The van der Waals surface area contributed by atoms with Gasteiger partial charge in [0.1, 0.15) is 5.25 Å². The summed E-state index contributed by atoms with van der Waals surface area (Å²) in [5.41, 5.74) is 2.23. The molecule has 1 aliphatic heterocycles. The second-order valence-corrected chi connectivity index (χ2v) is 7.22. The monoisotopic (exact) mass is 324 g/mol. The van der Waals surface area contributed by atoms with E-state index in [1.165, 1.54) is 4.90 Å². The third-order valence-corrected chi connectivity index (χ3v) is 5.24. The number of para-hydroxylation sites is 1. The molecular weight excluding hydrogens is 307 g/mol. The van der Waals surface area contributed by atoms with Gasteiger partial charge in [0, 0.05) is 36.6 Å². The van der Waals surface area contributed by atoms with E-state index in [9.17, 15) is 17.1 Å². The van der Waals surface area contributed by atoms with Crippen LogP contribution in [0.2, 0.25) is 0 Å². The molecule has 1 amide bonds. The van der Waals surface area contributed by atoms with Gasteiger partial charge in [-0.3, -0.25) is 4.79 Å². The van der Waals surface area contributed by atoms with Crippen LogP contribution in [0.4, 0.5) is 3.89 Å². The number of nitrogens with one attached hydrogen (secondary N) is 1. The van der Waals surface area contributed by atoms with Crippen LogP contribution in [0.15, 0.2) is 30.5 Å². The Bertz CT molecular complexity index is 800. The zero-order chi connectivity index (χ0) is 15.7. The number of aromatic amines is 1. The molecule has 7 heteroatoms. The first kappa shape index (κ1) is 15.0. The van der Waals surface area contributed by atoms with Crippen molar-refractivity contribution in [2.45, 2.75) is 24.5 Å². The van der Waals surface area contributed by atoms with Crippen LogP contribution < -0.4 is 0 Å². The number of halogens is 1. The van der Waals surface area contributed by atoms with Crippen molar-refractivity contribution >= 4 is 27.0 Å². The fraction of sp³-hybridized carbons (Fsp3) is 0.400. The lowest BCUT2D eigenvalue weighted by Crippen LogP contribution is -2.28. The fourth-order valence-electron chi connectivity index (χ4n) is 2.94. The highest BCUT2D eigenvalue weighted by atomic mass is 32.3. The Kier molecular flexibility index (Phi) is 3.90. The smallest absolute Gasteiger partial charge is 0.307 e. The molecule has 1 aliphatic rings. The molecule has 118 valence electrons. The lowest BCUT2D eigenvalue weighted by atomic mass is 10.1. The van der Waals surface area contributed by atoms with Crippen molar-refractivity contribution in [3.8, 4) is 0 Å². The number of H-pyrrole nitrogens is 1. The first-order chi connectivity index (χ1) is 10.4. The SMILES string of the molecule is O=C1CC(S(=O)(=O)F)CN1CCCc1c[nH]c2ccccc12. The van der Waals surface area contributed by atoms with Gasteiger partial charge in [-0.25, -0.2) is 0 Å². The molecule has 1 unspecified atom stereocenters. The van der Waals surface area contributed by atoms with Gasteiger partial charge in [0.2, 0.25) is 5.91 Å². The van der Waals surface area contributed by atoms with E-state index in [2.05, 4.69) is 4.98 Å². The Morgan fingerprint density at radius 2 is 2.09 bits per heavy atom. The van der Waals surface area contributed by atoms with Gasteiger partial charge < -0.3 is 9.88 Å². The lowest BCUT2D eigenvalue weighted by Gasteiger charge is -2.15. The molecule has 0 spiro atoms. The molecule has 3 rings (SSSR count). The Hall–Kier alpha value is -1.89. The number of amides is 1. The summed E-state index contributed by atoms with van der Waals surface area (Å²) in [6.07, 6.45) is 3.20. The van der Waals surface area contributed by atoms with Gasteiger partial charge in [-0.2, -0.15) is 8.42 Å². The summed E-state index contributed by atoms with van der Waals surface area (Å²) in [7, 11) is -4.63. The summed E-state index contributed by atoms with van der Waals surface area (Å²) in [6, 6.07) is 7.97. The molecule has 0 radical (unpaired) electrons. The van der Waals surface area contributed by atoms with Crippen LogP contribution >= 0.6 is 0 Å². The lowest BCUT2D eigenvalue weighted by molar-refractivity contribution is -0.127. The Balaban J connectivity index is 1.59. The number of nitrogens with zero attached hydrogens (tertiary/aromatic N) is 1. The summed E-state index contributed by atoms with van der Waals surface area (Å²) in [6.45, 7) is 0.413. The molecule has 2 aromatic rings. The standard InChI is InChI=1S/C15H17FN2O3S/c16-22(20,21)12-8-15(19)18(10-12)7-3-4-11-9-17-14-6-2-1-5-13(11)14/h1-2,5-6,9,12,17H,3-4,7-8,10H2. The second-order valence-electron chi connectivity index (χ2n) is 5.60. The van der Waals surface area contributed by atoms with E-state index in [4.69, 9.17) is 0 Å². The molecule has 1 aromatic carbocycles. The van der Waals surface area contributed by atoms with Gasteiger partial charge in [0.05, 0.1) is 0 Å². The molecule has 0 aliphatic carbocycles. The minimum absolute atomic E-state index is 0.0362. The molecule has 5 nitrogen and oxygen atoms in total. The second kappa shape index (κ2) is 5.72. The van der Waals surface area contributed by atoms with Crippen molar-refractivity contribution < 1.29 is 17.1 Å². The van der Waals surface area contributed by atoms with Gasteiger partial charge >= 0.3 is 10.2 Å². The molecule has 1 N–H and O–H groups in total. The number of aromatic nitrogens is 1. The summed E-state index contributed by atoms with van der Waals surface area (Å²) in [5.74, 6) is -0.287. The summed E-state index contributed by atoms with van der Waals surface area (Å²) in [4.78, 5) is 16.4. The number of hydrogen-bond donors (Lipinski definition) is 1. The zero-order valence-corrected chi connectivity index (χ0v) is 12.8. The Labute approximate surface area is 128 Å². The van der Waals surface area contributed by atoms with E-state index in [1.54, 1.807) is 0 Å². The number of carbonyl (C=O) groups is 1. The van der Waals surface area contributed by atoms with Crippen molar-refractivity contribution in [2.24, 2.45) is 0 Å². The van der Waals surface area contributed by atoms with E-state index in [-0.39, 0.29) is 18.9 Å². The van der Waals surface area contributed by atoms with Crippen molar-refractivity contribution in [1.29, 1.82) is 0 Å². The highest BCUT2D eigenvalue weighted by molar-refractivity contribution is 7.87. The van der Waals surface area contributed by atoms with E-state index in [0.717, 1.165) is 22.9 Å². The van der Waals surface area contributed by atoms with E-state index in [0.29, 0.717) is 13.0 Å². The molecule has 1 aromatic heterocycles. The molecule has 22 heavy (non-hydrogen) atoms. The maximum atomic E-state index is 12.9. The number of aryl methyl sites for hydroxylation is 1. The normalized spacial score (nSPS) is 19.2. The third kappa shape index (κ3) is 2.99. The topological polar surface area (TPSA) is 70.2 Å². The number of hydrogen-bond acceptors (Lipinski definition) is 3. The largest absolute Gasteiger partial charge is 0.361 e. The number of benzene rings is 1. The number of likely N-dealkylation sites (tertiary alicyclic amines) is 1. The van der Waals surface area contributed by atoms with Gasteiger partial charge in [0.15, 0.2) is 0 Å². The van der Waals surface area contributed by atoms with Crippen LogP contribution in [-0.2, 0) is 21.4 Å². The van der Waals surface area contributed by atoms with Gasteiger partial charge in [-0.15, -0.1) is 3.89 Å². The third-order valence-electron chi connectivity index (χ3n) is 4.13. The minimum atomic E-state index is -4.63. The molecule has 0 saturated carbocycles. The first-order valence-corrected chi connectivity index (χ1v) is 8.66. The first-order valence-electron chi connectivity index (χ1n) is 7.21. The zero-order valence-electron chi connectivity index (χ0n) is 12.0. The highest BCUT2D eigenvalue weighted by Crippen LogP contribution is 2.22. The average molecular weight is 324 g/mol. The number of carbonyl (C=O) groups excluding carboxylic acids is 1. The van der Waals surface area contributed by atoms with Crippen LogP contribution in [0.1, 0.15) is 18.4 Å². The van der Waals surface area contributed by atoms with E-state index in [1.807, 2.05) is 30.5 Å². The Morgan fingerprint density at radius 1 is 1.32 bits per heavy atom. The van der Waals surface area contributed by atoms with Crippen LogP contribution in [0.3, 0.4) is 0 Å². The van der Waals surface area contributed by atoms with Gasteiger partial charge in [0.25, 0.3) is 0 Å². The minimum Gasteiger partial charge on any atom is -0.361 e. The summed E-state index contributed by atoms with van der Waals surface area (Å²) >= 11 is 0. The van der Waals surface area contributed by atoms with Crippen molar-refractivity contribution in [3.05, 3.63) is 36.0 Å².